The van der Waals surface area contributed by atoms with Crippen LogP contribution in [0.25, 0.3) is 0 Å². The molecule has 2 nitrogen and oxygen atoms in total. The molecule has 0 aliphatic rings. The average molecular weight is 220 g/mol. The molecule has 0 aromatic heterocycles. The largest absolute Gasteiger partial charge is 0.390 e. The lowest BCUT2D eigenvalue weighted by Gasteiger charge is -2.22. The van der Waals surface area contributed by atoms with Crippen molar-refractivity contribution in [2.45, 2.75) is 32.7 Å². The molecule has 88 valence electrons. The molecule has 0 unspecified atom stereocenters. The summed E-state index contributed by atoms with van der Waals surface area (Å²) in [6, 6.07) is 9.95. The molecule has 0 amide bonds. The first-order chi connectivity index (χ1) is 7.65. The van der Waals surface area contributed by atoms with Gasteiger partial charge < -0.3 is 9.84 Å². The van der Waals surface area contributed by atoms with Gasteiger partial charge in [-0.2, -0.15) is 0 Å². The Morgan fingerprint density at radius 3 is 2.50 bits per heavy atom. The first kappa shape index (κ1) is 12.9. The number of hydrogen-bond donors (Lipinski definition) is 1. The van der Waals surface area contributed by atoms with Gasteiger partial charge in [-0.15, -0.1) is 6.58 Å². The van der Waals surface area contributed by atoms with E-state index in [0.717, 1.165) is 5.56 Å². The van der Waals surface area contributed by atoms with Gasteiger partial charge in [-0.25, -0.2) is 0 Å². The van der Waals surface area contributed by atoms with E-state index in [9.17, 15) is 5.11 Å². The summed E-state index contributed by atoms with van der Waals surface area (Å²) in [7, 11) is 0. The zero-order valence-corrected chi connectivity index (χ0v) is 9.97. The van der Waals surface area contributed by atoms with Gasteiger partial charge in [0.2, 0.25) is 0 Å². The summed E-state index contributed by atoms with van der Waals surface area (Å²) in [5.41, 5.74) is 1.12. The molecule has 0 saturated heterocycles. The van der Waals surface area contributed by atoms with Crippen molar-refractivity contribution in [3.63, 3.8) is 0 Å². The lowest BCUT2D eigenvalue weighted by molar-refractivity contribution is -0.0487. The number of aliphatic hydroxyl groups is 1. The van der Waals surface area contributed by atoms with Crippen molar-refractivity contribution in [2.75, 3.05) is 0 Å². The highest BCUT2D eigenvalue weighted by Gasteiger charge is 2.19. The summed E-state index contributed by atoms with van der Waals surface area (Å²) in [5, 5.41) is 9.87. The van der Waals surface area contributed by atoms with Crippen molar-refractivity contribution in [3.05, 3.63) is 48.6 Å². The van der Waals surface area contributed by atoms with Crippen molar-refractivity contribution in [1.29, 1.82) is 0 Å². The smallest absolute Gasteiger partial charge is 0.0858 e. The fourth-order valence-electron chi connectivity index (χ4n) is 1.47. The highest BCUT2D eigenvalue weighted by atomic mass is 16.5. The SMILES string of the molecule is C=C[C@H](C)[C@@H](O)[C@H](C)OCc1ccccc1. The van der Waals surface area contributed by atoms with E-state index in [1.165, 1.54) is 0 Å². The molecule has 0 spiro atoms. The molecule has 3 atom stereocenters. The van der Waals surface area contributed by atoms with Crippen LogP contribution in [0.2, 0.25) is 0 Å². The van der Waals surface area contributed by atoms with Crippen LogP contribution in [-0.4, -0.2) is 17.3 Å². The van der Waals surface area contributed by atoms with Crippen LogP contribution in [-0.2, 0) is 11.3 Å². The Bertz CT molecular complexity index is 308. The Kier molecular flexibility index (Phi) is 5.23. The second-order valence-corrected chi connectivity index (χ2v) is 4.09. The molecule has 2 heteroatoms. The van der Waals surface area contributed by atoms with Crippen molar-refractivity contribution in [2.24, 2.45) is 5.92 Å². The van der Waals surface area contributed by atoms with Gasteiger partial charge in [0.25, 0.3) is 0 Å². The minimum absolute atomic E-state index is 0.0470. The van der Waals surface area contributed by atoms with E-state index in [1.807, 2.05) is 44.2 Å². The van der Waals surface area contributed by atoms with Gasteiger partial charge >= 0.3 is 0 Å². The first-order valence-corrected chi connectivity index (χ1v) is 5.61. The molecule has 1 aromatic rings. The summed E-state index contributed by atoms with van der Waals surface area (Å²) in [6.07, 6.45) is 1.06. The number of aliphatic hydroxyl groups excluding tert-OH is 1. The predicted octanol–water partition coefficient (Wildman–Crippen LogP) is 2.77. The summed E-state index contributed by atoms with van der Waals surface area (Å²) in [4.78, 5) is 0. The van der Waals surface area contributed by atoms with Gasteiger partial charge in [-0.05, 0) is 12.5 Å². The van der Waals surface area contributed by atoms with E-state index in [4.69, 9.17) is 4.74 Å². The third-order valence-electron chi connectivity index (χ3n) is 2.75. The van der Waals surface area contributed by atoms with Crippen LogP contribution in [0.4, 0.5) is 0 Å². The third kappa shape index (κ3) is 3.80. The van der Waals surface area contributed by atoms with E-state index >= 15 is 0 Å². The van der Waals surface area contributed by atoms with E-state index in [1.54, 1.807) is 6.08 Å². The minimum Gasteiger partial charge on any atom is -0.390 e. The number of hydrogen-bond acceptors (Lipinski definition) is 2. The maximum Gasteiger partial charge on any atom is 0.0858 e. The molecular formula is C14H20O2. The van der Waals surface area contributed by atoms with Crippen LogP contribution in [0.15, 0.2) is 43.0 Å². The second-order valence-electron chi connectivity index (χ2n) is 4.09. The topological polar surface area (TPSA) is 29.5 Å². The van der Waals surface area contributed by atoms with Crippen molar-refractivity contribution < 1.29 is 9.84 Å². The molecule has 0 aliphatic carbocycles. The maximum absolute atomic E-state index is 9.87. The summed E-state index contributed by atoms with van der Waals surface area (Å²) in [5.74, 6) is 0.0470. The molecule has 0 radical (unpaired) electrons. The van der Waals surface area contributed by atoms with Gasteiger partial charge in [-0.1, -0.05) is 43.3 Å². The van der Waals surface area contributed by atoms with E-state index in [0.29, 0.717) is 6.61 Å². The molecule has 0 saturated carbocycles. The Balaban J connectivity index is 2.40. The summed E-state index contributed by atoms with van der Waals surface area (Å²) < 4.78 is 5.62. The van der Waals surface area contributed by atoms with Crippen LogP contribution in [0.5, 0.6) is 0 Å². The molecular weight excluding hydrogens is 200 g/mol. The molecule has 1 rings (SSSR count). The number of rotatable bonds is 6. The molecule has 16 heavy (non-hydrogen) atoms. The van der Waals surface area contributed by atoms with Crippen molar-refractivity contribution in [3.8, 4) is 0 Å². The normalized spacial score (nSPS) is 16.4. The van der Waals surface area contributed by atoms with Crippen LogP contribution >= 0.6 is 0 Å². The zero-order chi connectivity index (χ0) is 12.0. The first-order valence-electron chi connectivity index (χ1n) is 5.61. The van der Waals surface area contributed by atoms with E-state index < -0.39 is 6.10 Å². The Hall–Kier alpha value is -1.12. The van der Waals surface area contributed by atoms with Gasteiger partial charge in [0.1, 0.15) is 0 Å². The lowest BCUT2D eigenvalue weighted by Crippen LogP contribution is -2.31. The molecule has 1 N–H and O–H groups in total. The molecule has 0 bridgehead atoms. The zero-order valence-electron chi connectivity index (χ0n) is 9.97. The predicted molar refractivity (Wildman–Crippen MR) is 66.1 cm³/mol. The van der Waals surface area contributed by atoms with E-state index in [2.05, 4.69) is 6.58 Å². The van der Waals surface area contributed by atoms with Crippen LogP contribution in [0.1, 0.15) is 19.4 Å². The molecule has 1 aromatic carbocycles. The number of ether oxygens (including phenoxy) is 1. The Morgan fingerprint density at radius 1 is 1.31 bits per heavy atom. The van der Waals surface area contributed by atoms with Crippen molar-refractivity contribution >= 4 is 0 Å². The van der Waals surface area contributed by atoms with Crippen LogP contribution in [0, 0.1) is 5.92 Å². The Labute approximate surface area is 97.6 Å². The highest BCUT2D eigenvalue weighted by molar-refractivity contribution is 5.13. The Morgan fingerprint density at radius 2 is 1.94 bits per heavy atom. The monoisotopic (exact) mass is 220 g/mol. The standard InChI is InChI=1S/C14H20O2/c1-4-11(2)14(15)12(3)16-10-13-8-6-5-7-9-13/h4-9,11-12,14-15H,1,10H2,2-3H3/t11-,12-,14+/m0/s1. The second kappa shape index (κ2) is 6.46. The summed E-state index contributed by atoms with van der Waals surface area (Å²) >= 11 is 0. The van der Waals surface area contributed by atoms with Gasteiger partial charge in [0, 0.05) is 5.92 Å². The average Bonchev–Trinajstić information content (AvgIpc) is 2.35. The molecule has 0 heterocycles. The summed E-state index contributed by atoms with van der Waals surface area (Å²) in [6.45, 7) is 8.01. The van der Waals surface area contributed by atoms with Crippen LogP contribution in [0.3, 0.4) is 0 Å². The van der Waals surface area contributed by atoms with Gasteiger partial charge in [0.15, 0.2) is 0 Å². The lowest BCUT2D eigenvalue weighted by atomic mass is 10.0. The van der Waals surface area contributed by atoms with Crippen LogP contribution < -0.4 is 0 Å². The number of benzene rings is 1. The van der Waals surface area contributed by atoms with Crippen molar-refractivity contribution in [1.82, 2.24) is 0 Å². The van der Waals surface area contributed by atoms with E-state index in [-0.39, 0.29) is 12.0 Å². The van der Waals surface area contributed by atoms with Gasteiger partial charge in [0.05, 0.1) is 18.8 Å². The fourth-order valence-corrected chi connectivity index (χ4v) is 1.47. The third-order valence-corrected chi connectivity index (χ3v) is 2.75. The maximum atomic E-state index is 9.87. The minimum atomic E-state index is -0.499. The quantitative estimate of drug-likeness (QED) is 0.747. The molecule has 0 fully saturated rings. The highest BCUT2D eigenvalue weighted by Crippen LogP contribution is 2.12. The molecule has 0 aliphatic heterocycles. The van der Waals surface area contributed by atoms with Gasteiger partial charge in [-0.3, -0.25) is 0 Å². The fraction of sp³-hybridized carbons (Fsp3) is 0.429.